The van der Waals surface area contributed by atoms with Crippen molar-refractivity contribution in [2.24, 2.45) is 10.9 Å². The van der Waals surface area contributed by atoms with Gasteiger partial charge >= 0.3 is 0 Å². The zero-order valence-electron chi connectivity index (χ0n) is 11.6. The van der Waals surface area contributed by atoms with Crippen LogP contribution in [0.1, 0.15) is 30.2 Å². The van der Waals surface area contributed by atoms with Crippen molar-refractivity contribution >= 4 is 11.7 Å². The first kappa shape index (κ1) is 15.2. The third kappa shape index (κ3) is 3.31. The Labute approximate surface area is 112 Å². The minimum absolute atomic E-state index is 0.00418. The molecule has 0 unspecified atom stereocenters. The Balaban J connectivity index is 3.36. The third-order valence-electron chi connectivity index (χ3n) is 2.96. The first-order valence-electron chi connectivity index (χ1n) is 6.24. The van der Waals surface area contributed by atoms with E-state index in [9.17, 15) is 0 Å². The van der Waals surface area contributed by atoms with Crippen LogP contribution in [0.5, 0.6) is 0 Å². The van der Waals surface area contributed by atoms with Gasteiger partial charge in [-0.15, -0.1) is 5.10 Å². The number of amidine groups is 1. The Bertz CT molecular complexity index is 456. The summed E-state index contributed by atoms with van der Waals surface area (Å²) in [7, 11) is 0. The Hall–Kier alpha value is -1.89. The molecule has 1 aromatic heterocycles. The van der Waals surface area contributed by atoms with Crippen LogP contribution in [0.15, 0.2) is 5.16 Å². The van der Waals surface area contributed by atoms with Crippen molar-refractivity contribution in [3.05, 3.63) is 16.8 Å². The van der Waals surface area contributed by atoms with Gasteiger partial charge in [0, 0.05) is 13.1 Å². The molecule has 0 aliphatic rings. The number of hydrogen-bond acceptors (Lipinski definition) is 6. The van der Waals surface area contributed by atoms with Crippen molar-refractivity contribution in [1.29, 1.82) is 0 Å². The molecule has 1 rings (SSSR count). The van der Waals surface area contributed by atoms with Crippen LogP contribution in [0.25, 0.3) is 0 Å². The summed E-state index contributed by atoms with van der Waals surface area (Å²) in [4.78, 5) is 1.88. The Kier molecular flexibility index (Phi) is 5.50. The fourth-order valence-corrected chi connectivity index (χ4v) is 1.89. The van der Waals surface area contributed by atoms with E-state index >= 15 is 0 Å². The van der Waals surface area contributed by atoms with Gasteiger partial charge in [-0.2, -0.15) is 5.10 Å². The molecule has 0 aromatic carbocycles. The molecule has 0 spiro atoms. The molecule has 1 heterocycles. The van der Waals surface area contributed by atoms with Gasteiger partial charge in [0.1, 0.15) is 0 Å². The molecule has 7 heteroatoms. The van der Waals surface area contributed by atoms with Crippen LogP contribution in [0.2, 0.25) is 0 Å². The zero-order valence-corrected chi connectivity index (χ0v) is 11.6. The topological polar surface area (TPSA) is 108 Å². The first-order chi connectivity index (χ1) is 9.06. The van der Waals surface area contributed by atoms with Crippen LogP contribution in [-0.4, -0.2) is 46.0 Å². The van der Waals surface area contributed by atoms with Crippen LogP contribution in [0, 0.1) is 13.8 Å². The van der Waals surface area contributed by atoms with Crippen LogP contribution in [-0.2, 0) is 0 Å². The average molecular weight is 267 g/mol. The van der Waals surface area contributed by atoms with Crippen molar-refractivity contribution in [2.75, 3.05) is 24.6 Å². The molecular formula is C12H21N5O2. The summed E-state index contributed by atoms with van der Waals surface area (Å²) < 4.78 is 0. The fourth-order valence-electron chi connectivity index (χ4n) is 1.89. The summed E-state index contributed by atoms with van der Waals surface area (Å²) in [6, 6.07) is 0. The van der Waals surface area contributed by atoms with Crippen molar-refractivity contribution < 1.29 is 10.3 Å². The molecule has 0 saturated heterocycles. The molecule has 4 N–H and O–H groups in total. The molecule has 7 nitrogen and oxygen atoms in total. The molecule has 0 saturated carbocycles. The number of oxime groups is 1. The van der Waals surface area contributed by atoms with Crippen molar-refractivity contribution in [2.45, 2.75) is 27.2 Å². The lowest BCUT2D eigenvalue weighted by molar-refractivity contribution is 0.301. The largest absolute Gasteiger partial charge is 0.409 e. The van der Waals surface area contributed by atoms with E-state index in [4.69, 9.17) is 16.0 Å². The maximum absolute atomic E-state index is 9.13. The lowest BCUT2D eigenvalue weighted by Crippen LogP contribution is -2.32. The van der Waals surface area contributed by atoms with Gasteiger partial charge in [-0.1, -0.05) is 12.1 Å². The van der Waals surface area contributed by atoms with Gasteiger partial charge in [-0.05, 0) is 25.8 Å². The zero-order chi connectivity index (χ0) is 14.4. The normalized spacial score (nSPS) is 11.7. The van der Waals surface area contributed by atoms with Crippen LogP contribution >= 0.6 is 0 Å². The molecule has 106 valence electrons. The molecule has 1 aromatic rings. The van der Waals surface area contributed by atoms with Gasteiger partial charge in [0.25, 0.3) is 0 Å². The molecule has 0 aliphatic carbocycles. The Morgan fingerprint density at radius 2 is 2.00 bits per heavy atom. The number of anilines is 1. The van der Waals surface area contributed by atoms with E-state index in [2.05, 4.69) is 15.4 Å². The van der Waals surface area contributed by atoms with Gasteiger partial charge < -0.3 is 20.9 Å². The van der Waals surface area contributed by atoms with Crippen molar-refractivity contribution in [1.82, 2.24) is 10.2 Å². The summed E-state index contributed by atoms with van der Waals surface area (Å²) in [5, 5.41) is 29.3. The number of aromatic nitrogens is 2. The minimum atomic E-state index is 0.00418. The summed E-state index contributed by atoms with van der Waals surface area (Å²) in [6.45, 7) is 6.84. The lowest BCUT2D eigenvalue weighted by Gasteiger charge is -2.24. The van der Waals surface area contributed by atoms with E-state index in [1.54, 1.807) is 0 Å². The highest BCUT2D eigenvalue weighted by Crippen LogP contribution is 2.22. The highest BCUT2D eigenvalue weighted by molar-refractivity contribution is 6.02. The highest BCUT2D eigenvalue weighted by atomic mass is 16.4. The monoisotopic (exact) mass is 267 g/mol. The van der Waals surface area contributed by atoms with Crippen molar-refractivity contribution in [3.8, 4) is 0 Å². The van der Waals surface area contributed by atoms with E-state index in [0.717, 1.165) is 17.7 Å². The smallest absolute Gasteiger partial charge is 0.174 e. The van der Waals surface area contributed by atoms with E-state index in [1.807, 2.05) is 25.7 Å². The number of aliphatic hydroxyl groups is 1. The summed E-state index contributed by atoms with van der Waals surface area (Å²) in [5.74, 6) is 0.541. The van der Waals surface area contributed by atoms with Gasteiger partial charge in [-0.25, -0.2) is 0 Å². The predicted octanol–water partition coefficient (Wildman–Crippen LogP) is 0.397. The van der Waals surface area contributed by atoms with Crippen LogP contribution in [0.4, 0.5) is 5.82 Å². The average Bonchev–Trinajstić information content (AvgIpc) is 2.40. The van der Waals surface area contributed by atoms with Gasteiger partial charge in [0.2, 0.25) is 0 Å². The lowest BCUT2D eigenvalue weighted by atomic mass is 10.1. The SMILES string of the molecule is CCCN(CCO)c1nnc(C)c(C)c1/C(N)=N/O. The first-order valence-corrected chi connectivity index (χ1v) is 6.24. The molecule has 0 bridgehead atoms. The van der Waals surface area contributed by atoms with Crippen molar-refractivity contribution in [3.63, 3.8) is 0 Å². The maximum atomic E-state index is 9.13. The highest BCUT2D eigenvalue weighted by Gasteiger charge is 2.19. The van der Waals surface area contributed by atoms with E-state index < -0.39 is 0 Å². The van der Waals surface area contributed by atoms with Gasteiger partial charge in [0.15, 0.2) is 11.7 Å². The molecule has 0 radical (unpaired) electrons. The predicted molar refractivity (Wildman–Crippen MR) is 73.6 cm³/mol. The third-order valence-corrected chi connectivity index (χ3v) is 2.96. The number of hydrogen-bond donors (Lipinski definition) is 3. The standard InChI is InChI=1S/C12H21N5O2/c1-4-5-17(6-7-18)12-10(11(13)16-19)8(2)9(3)14-15-12/h18-19H,4-7H2,1-3H3,(H2,13,16). The number of rotatable bonds is 6. The van der Waals surface area contributed by atoms with E-state index in [0.29, 0.717) is 24.5 Å². The minimum Gasteiger partial charge on any atom is -0.409 e. The number of aryl methyl sites for hydroxylation is 1. The Morgan fingerprint density at radius 1 is 1.32 bits per heavy atom. The summed E-state index contributed by atoms with van der Waals surface area (Å²) in [6.07, 6.45) is 0.893. The molecule has 0 atom stereocenters. The molecule has 0 amide bonds. The summed E-state index contributed by atoms with van der Waals surface area (Å²) in [5.41, 5.74) is 7.85. The van der Waals surface area contributed by atoms with Crippen LogP contribution in [0.3, 0.4) is 0 Å². The fraction of sp³-hybridized carbons (Fsp3) is 0.583. The quantitative estimate of drug-likeness (QED) is 0.298. The maximum Gasteiger partial charge on any atom is 0.174 e. The van der Waals surface area contributed by atoms with E-state index in [1.165, 1.54) is 0 Å². The van der Waals surface area contributed by atoms with Gasteiger partial charge in [0.05, 0.1) is 17.9 Å². The second-order valence-electron chi connectivity index (χ2n) is 4.30. The second kappa shape index (κ2) is 6.89. The Morgan fingerprint density at radius 3 is 2.53 bits per heavy atom. The molecule has 0 aliphatic heterocycles. The second-order valence-corrected chi connectivity index (χ2v) is 4.30. The number of nitrogens with two attached hydrogens (primary N) is 1. The molecular weight excluding hydrogens is 246 g/mol. The molecule has 19 heavy (non-hydrogen) atoms. The van der Waals surface area contributed by atoms with E-state index in [-0.39, 0.29) is 12.4 Å². The summed E-state index contributed by atoms with van der Waals surface area (Å²) >= 11 is 0. The van der Waals surface area contributed by atoms with Gasteiger partial charge in [-0.3, -0.25) is 0 Å². The number of aliphatic hydroxyl groups excluding tert-OH is 1. The number of nitrogens with zero attached hydrogens (tertiary/aromatic N) is 4. The van der Waals surface area contributed by atoms with Crippen LogP contribution < -0.4 is 10.6 Å². The molecule has 0 fully saturated rings.